The lowest BCUT2D eigenvalue weighted by molar-refractivity contribution is 0.0863. The number of rotatable bonds is 6. The van der Waals surface area contributed by atoms with Crippen LogP contribution in [0.25, 0.3) is 0 Å². The van der Waals surface area contributed by atoms with E-state index in [9.17, 15) is 4.79 Å². The molecule has 0 saturated carbocycles. The first-order valence-electron chi connectivity index (χ1n) is 5.09. The number of carbonyl (C=O) groups excluding carboxylic acids is 1. The minimum atomic E-state index is -0.201. The lowest BCUT2D eigenvalue weighted by atomic mass is 10.2. The van der Waals surface area contributed by atoms with Crippen LogP contribution in [0, 0.1) is 5.92 Å². The summed E-state index contributed by atoms with van der Waals surface area (Å²) in [6.07, 6.45) is 1.48. The largest absolute Gasteiger partial charge is 0.459 e. The summed E-state index contributed by atoms with van der Waals surface area (Å²) in [5.41, 5.74) is 0. The highest BCUT2D eigenvalue weighted by Gasteiger charge is 2.06. The van der Waals surface area contributed by atoms with E-state index >= 15 is 0 Å². The minimum Gasteiger partial charge on any atom is -0.459 e. The van der Waals surface area contributed by atoms with Gasteiger partial charge in [0.05, 0.1) is 12.9 Å². The van der Waals surface area contributed by atoms with Crippen molar-refractivity contribution in [2.75, 3.05) is 19.8 Å². The van der Waals surface area contributed by atoms with Crippen LogP contribution in [-0.4, -0.2) is 25.7 Å². The number of amides is 1. The van der Waals surface area contributed by atoms with Crippen molar-refractivity contribution >= 4 is 5.91 Å². The molecule has 0 fully saturated rings. The molecule has 0 atom stereocenters. The molecule has 0 spiro atoms. The van der Waals surface area contributed by atoms with Crippen molar-refractivity contribution < 1.29 is 13.9 Å². The van der Waals surface area contributed by atoms with Gasteiger partial charge in [-0.1, -0.05) is 13.8 Å². The molecular weight excluding hydrogens is 194 g/mol. The van der Waals surface area contributed by atoms with Gasteiger partial charge in [-0.15, -0.1) is 0 Å². The summed E-state index contributed by atoms with van der Waals surface area (Å²) in [5.74, 6) is 0.651. The van der Waals surface area contributed by atoms with E-state index in [4.69, 9.17) is 9.15 Å². The summed E-state index contributed by atoms with van der Waals surface area (Å²) in [6, 6.07) is 3.31. The van der Waals surface area contributed by atoms with Crippen LogP contribution >= 0.6 is 0 Å². The predicted molar refractivity (Wildman–Crippen MR) is 56.7 cm³/mol. The highest BCUT2D eigenvalue weighted by molar-refractivity contribution is 5.91. The summed E-state index contributed by atoms with van der Waals surface area (Å²) in [5, 5.41) is 2.70. The smallest absolute Gasteiger partial charge is 0.287 e. The molecule has 4 heteroatoms. The van der Waals surface area contributed by atoms with Gasteiger partial charge < -0.3 is 14.5 Å². The molecule has 1 rings (SSSR count). The van der Waals surface area contributed by atoms with Crippen molar-refractivity contribution in [3.05, 3.63) is 24.2 Å². The lowest BCUT2D eigenvalue weighted by Crippen LogP contribution is -2.27. The van der Waals surface area contributed by atoms with Crippen LogP contribution in [0.1, 0.15) is 24.4 Å². The van der Waals surface area contributed by atoms with Gasteiger partial charge in [0.25, 0.3) is 5.91 Å². The van der Waals surface area contributed by atoms with Crippen molar-refractivity contribution in [3.63, 3.8) is 0 Å². The summed E-state index contributed by atoms with van der Waals surface area (Å²) >= 11 is 0. The summed E-state index contributed by atoms with van der Waals surface area (Å²) in [4.78, 5) is 11.3. The van der Waals surface area contributed by atoms with Gasteiger partial charge in [0, 0.05) is 13.2 Å². The van der Waals surface area contributed by atoms with Crippen molar-refractivity contribution in [2.24, 2.45) is 5.92 Å². The van der Waals surface area contributed by atoms with E-state index in [0.717, 1.165) is 6.61 Å². The van der Waals surface area contributed by atoms with Crippen LogP contribution in [-0.2, 0) is 4.74 Å². The van der Waals surface area contributed by atoms with Crippen molar-refractivity contribution in [3.8, 4) is 0 Å². The zero-order valence-corrected chi connectivity index (χ0v) is 9.16. The van der Waals surface area contributed by atoms with E-state index in [1.165, 1.54) is 6.26 Å². The third-order valence-corrected chi connectivity index (χ3v) is 1.73. The molecule has 84 valence electrons. The quantitative estimate of drug-likeness (QED) is 0.728. The maximum atomic E-state index is 11.3. The Bertz CT molecular complexity index is 280. The molecular formula is C11H17NO3. The molecule has 1 aromatic rings. The maximum absolute atomic E-state index is 11.3. The van der Waals surface area contributed by atoms with Crippen LogP contribution < -0.4 is 5.32 Å². The molecule has 1 heterocycles. The van der Waals surface area contributed by atoms with Gasteiger partial charge >= 0.3 is 0 Å². The van der Waals surface area contributed by atoms with E-state index < -0.39 is 0 Å². The van der Waals surface area contributed by atoms with Crippen LogP contribution in [0.15, 0.2) is 22.8 Å². The molecule has 4 nitrogen and oxygen atoms in total. The van der Waals surface area contributed by atoms with Gasteiger partial charge in [0.1, 0.15) is 0 Å². The van der Waals surface area contributed by atoms with Crippen molar-refractivity contribution in [2.45, 2.75) is 13.8 Å². The Hall–Kier alpha value is -1.29. The Morgan fingerprint density at radius 2 is 2.40 bits per heavy atom. The normalized spacial score (nSPS) is 10.6. The molecule has 0 radical (unpaired) electrons. The molecule has 0 aliphatic heterocycles. The molecule has 1 aromatic heterocycles. The standard InChI is InChI=1S/C11H17NO3/c1-9(2)8-14-7-5-12-11(13)10-4-3-6-15-10/h3-4,6,9H,5,7-8H2,1-2H3,(H,12,13). The van der Waals surface area contributed by atoms with Crippen LogP contribution in [0.3, 0.4) is 0 Å². The Morgan fingerprint density at radius 3 is 3.00 bits per heavy atom. The second kappa shape index (κ2) is 6.24. The van der Waals surface area contributed by atoms with E-state index in [2.05, 4.69) is 19.2 Å². The number of ether oxygens (including phenoxy) is 1. The highest BCUT2D eigenvalue weighted by atomic mass is 16.5. The number of carbonyl (C=O) groups is 1. The van der Waals surface area contributed by atoms with Crippen LogP contribution in [0.4, 0.5) is 0 Å². The summed E-state index contributed by atoms with van der Waals surface area (Å²) in [6.45, 7) is 5.93. The van der Waals surface area contributed by atoms with Gasteiger partial charge in [0.2, 0.25) is 0 Å². The average Bonchev–Trinajstić information content (AvgIpc) is 2.69. The fourth-order valence-corrected chi connectivity index (χ4v) is 1.05. The summed E-state index contributed by atoms with van der Waals surface area (Å²) < 4.78 is 10.3. The number of hydrogen-bond donors (Lipinski definition) is 1. The molecule has 0 aromatic carbocycles. The molecule has 0 aliphatic carbocycles. The van der Waals surface area contributed by atoms with Crippen LogP contribution in [0.2, 0.25) is 0 Å². The SMILES string of the molecule is CC(C)COCCNC(=O)c1ccco1. The zero-order valence-electron chi connectivity index (χ0n) is 9.16. The van der Waals surface area contributed by atoms with Gasteiger partial charge in [-0.25, -0.2) is 0 Å². The van der Waals surface area contributed by atoms with Gasteiger partial charge in [-0.3, -0.25) is 4.79 Å². The fourth-order valence-electron chi connectivity index (χ4n) is 1.05. The fraction of sp³-hybridized carbons (Fsp3) is 0.545. The highest BCUT2D eigenvalue weighted by Crippen LogP contribution is 1.98. The number of nitrogens with one attached hydrogen (secondary N) is 1. The summed E-state index contributed by atoms with van der Waals surface area (Å²) in [7, 11) is 0. The molecule has 15 heavy (non-hydrogen) atoms. The Morgan fingerprint density at radius 1 is 1.60 bits per heavy atom. The van der Waals surface area contributed by atoms with E-state index in [-0.39, 0.29) is 5.91 Å². The Kier molecular flexibility index (Phi) is 4.90. The Labute approximate surface area is 89.6 Å². The second-order valence-electron chi connectivity index (χ2n) is 3.70. The van der Waals surface area contributed by atoms with Gasteiger partial charge in [-0.2, -0.15) is 0 Å². The first kappa shape index (κ1) is 11.8. The number of hydrogen-bond acceptors (Lipinski definition) is 3. The van der Waals surface area contributed by atoms with Crippen molar-refractivity contribution in [1.29, 1.82) is 0 Å². The molecule has 1 amide bonds. The van der Waals surface area contributed by atoms with E-state index in [1.807, 2.05) is 0 Å². The maximum Gasteiger partial charge on any atom is 0.287 e. The van der Waals surface area contributed by atoms with Gasteiger partial charge in [0.15, 0.2) is 5.76 Å². The van der Waals surface area contributed by atoms with Crippen LogP contribution in [0.5, 0.6) is 0 Å². The predicted octanol–water partition coefficient (Wildman–Crippen LogP) is 1.68. The first-order valence-corrected chi connectivity index (χ1v) is 5.09. The minimum absolute atomic E-state index is 0.201. The van der Waals surface area contributed by atoms with E-state index in [0.29, 0.717) is 24.8 Å². The Balaban J connectivity index is 2.08. The molecule has 0 saturated heterocycles. The molecule has 0 bridgehead atoms. The van der Waals surface area contributed by atoms with Crippen molar-refractivity contribution in [1.82, 2.24) is 5.32 Å². The lowest BCUT2D eigenvalue weighted by Gasteiger charge is -2.06. The topological polar surface area (TPSA) is 51.5 Å². The molecule has 1 N–H and O–H groups in total. The zero-order chi connectivity index (χ0) is 11.1. The second-order valence-corrected chi connectivity index (χ2v) is 3.70. The third kappa shape index (κ3) is 4.65. The molecule has 0 aliphatic rings. The third-order valence-electron chi connectivity index (χ3n) is 1.73. The van der Waals surface area contributed by atoms with Gasteiger partial charge in [-0.05, 0) is 18.1 Å². The first-order chi connectivity index (χ1) is 7.20. The van der Waals surface area contributed by atoms with E-state index in [1.54, 1.807) is 12.1 Å². The molecule has 0 unspecified atom stereocenters. The monoisotopic (exact) mass is 211 g/mol. The average molecular weight is 211 g/mol. The number of furan rings is 1.